The van der Waals surface area contributed by atoms with E-state index in [0.717, 1.165) is 0 Å². The Hall–Kier alpha value is -0.820. The molecule has 1 nitrogen and oxygen atoms in total. The normalized spacial score (nSPS) is 26.6. The van der Waals surface area contributed by atoms with Crippen molar-refractivity contribution in [3.05, 3.63) is 34.9 Å². The van der Waals surface area contributed by atoms with Crippen LogP contribution < -0.4 is 5.32 Å². The number of piperidine rings is 1. The molecular formula is C14H21N. The Morgan fingerprint density at radius 2 is 2.00 bits per heavy atom. The van der Waals surface area contributed by atoms with Crippen LogP contribution >= 0.6 is 0 Å². The first-order valence-corrected chi connectivity index (χ1v) is 6.00. The molecule has 0 amide bonds. The molecule has 0 aromatic heterocycles. The second kappa shape index (κ2) is 4.36. The van der Waals surface area contributed by atoms with Crippen molar-refractivity contribution in [1.82, 2.24) is 5.32 Å². The Kier molecular flexibility index (Phi) is 3.11. The van der Waals surface area contributed by atoms with Gasteiger partial charge in [0.1, 0.15) is 0 Å². The van der Waals surface area contributed by atoms with E-state index in [1.54, 1.807) is 0 Å². The molecular weight excluding hydrogens is 182 g/mol. The van der Waals surface area contributed by atoms with E-state index in [-0.39, 0.29) is 0 Å². The summed E-state index contributed by atoms with van der Waals surface area (Å²) in [5.41, 5.74) is 4.37. The molecule has 1 aromatic carbocycles. The van der Waals surface area contributed by atoms with E-state index in [1.165, 1.54) is 36.0 Å². The van der Waals surface area contributed by atoms with Gasteiger partial charge in [-0.2, -0.15) is 0 Å². The molecule has 1 heterocycles. The summed E-state index contributed by atoms with van der Waals surface area (Å²) in [6.45, 7) is 6.73. The number of aryl methyl sites for hydroxylation is 1. The lowest BCUT2D eigenvalue weighted by molar-refractivity contribution is 0.340. The summed E-state index contributed by atoms with van der Waals surface area (Å²) in [5.74, 6) is 0. The molecule has 0 spiro atoms. The Morgan fingerprint density at radius 1 is 1.20 bits per heavy atom. The van der Waals surface area contributed by atoms with Crippen molar-refractivity contribution in [2.75, 3.05) is 0 Å². The number of hydrogen-bond donors (Lipinski definition) is 1. The van der Waals surface area contributed by atoms with Gasteiger partial charge in [0.2, 0.25) is 0 Å². The Morgan fingerprint density at radius 3 is 2.73 bits per heavy atom. The fourth-order valence-corrected chi connectivity index (χ4v) is 2.53. The standard InChI is InChI=1S/C14H21N/c1-10-6-4-8-13(12(10)3)14-9-5-7-11(2)15-14/h4,6,8,11,14-15H,5,7,9H2,1-3H3. The zero-order valence-electron chi connectivity index (χ0n) is 10.0. The maximum Gasteiger partial charge on any atom is 0.0325 e. The van der Waals surface area contributed by atoms with E-state index in [9.17, 15) is 0 Å². The van der Waals surface area contributed by atoms with Gasteiger partial charge < -0.3 is 5.32 Å². The minimum Gasteiger partial charge on any atom is -0.307 e. The van der Waals surface area contributed by atoms with E-state index in [1.807, 2.05) is 0 Å². The maximum absolute atomic E-state index is 3.70. The zero-order chi connectivity index (χ0) is 10.8. The van der Waals surface area contributed by atoms with Crippen molar-refractivity contribution >= 4 is 0 Å². The lowest BCUT2D eigenvalue weighted by atomic mass is 9.90. The Balaban J connectivity index is 2.24. The van der Waals surface area contributed by atoms with Gasteiger partial charge in [0, 0.05) is 12.1 Å². The Bertz CT molecular complexity index is 343. The first-order valence-electron chi connectivity index (χ1n) is 6.00. The van der Waals surface area contributed by atoms with Crippen LogP contribution in [0.5, 0.6) is 0 Å². The van der Waals surface area contributed by atoms with Crippen LogP contribution in [0.15, 0.2) is 18.2 Å². The lowest BCUT2D eigenvalue weighted by Crippen LogP contribution is -2.34. The van der Waals surface area contributed by atoms with E-state index in [4.69, 9.17) is 0 Å². The number of hydrogen-bond acceptors (Lipinski definition) is 1. The van der Waals surface area contributed by atoms with Crippen molar-refractivity contribution in [2.45, 2.75) is 52.1 Å². The molecule has 82 valence electrons. The van der Waals surface area contributed by atoms with Crippen LogP contribution in [0.4, 0.5) is 0 Å². The number of benzene rings is 1. The fraction of sp³-hybridized carbons (Fsp3) is 0.571. The van der Waals surface area contributed by atoms with Crippen molar-refractivity contribution < 1.29 is 0 Å². The van der Waals surface area contributed by atoms with Crippen LogP contribution in [0.25, 0.3) is 0 Å². The minimum absolute atomic E-state index is 0.577. The summed E-state index contributed by atoms with van der Waals surface area (Å²) in [5, 5.41) is 3.70. The average molecular weight is 203 g/mol. The van der Waals surface area contributed by atoms with Gasteiger partial charge in [-0.05, 0) is 50.3 Å². The summed E-state index contributed by atoms with van der Waals surface area (Å²) in [4.78, 5) is 0. The third-order valence-corrected chi connectivity index (χ3v) is 3.64. The van der Waals surface area contributed by atoms with Gasteiger partial charge in [0.25, 0.3) is 0 Å². The van der Waals surface area contributed by atoms with Crippen molar-refractivity contribution in [1.29, 1.82) is 0 Å². The zero-order valence-corrected chi connectivity index (χ0v) is 10.0. The van der Waals surface area contributed by atoms with Crippen LogP contribution in [-0.2, 0) is 0 Å². The fourth-order valence-electron chi connectivity index (χ4n) is 2.53. The molecule has 0 bridgehead atoms. The highest BCUT2D eigenvalue weighted by Gasteiger charge is 2.20. The van der Waals surface area contributed by atoms with Gasteiger partial charge in [-0.1, -0.05) is 24.6 Å². The topological polar surface area (TPSA) is 12.0 Å². The van der Waals surface area contributed by atoms with Crippen LogP contribution in [0.2, 0.25) is 0 Å². The highest BCUT2D eigenvalue weighted by Crippen LogP contribution is 2.28. The van der Waals surface area contributed by atoms with Crippen molar-refractivity contribution in [3.8, 4) is 0 Å². The monoisotopic (exact) mass is 203 g/mol. The van der Waals surface area contributed by atoms with Crippen LogP contribution in [0.1, 0.15) is 48.9 Å². The molecule has 0 saturated carbocycles. The van der Waals surface area contributed by atoms with E-state index >= 15 is 0 Å². The molecule has 0 radical (unpaired) electrons. The number of rotatable bonds is 1. The number of nitrogens with one attached hydrogen (secondary N) is 1. The van der Waals surface area contributed by atoms with E-state index < -0.39 is 0 Å². The SMILES string of the molecule is Cc1cccc(C2CCCC(C)N2)c1C. The first-order chi connectivity index (χ1) is 7.18. The predicted octanol–water partition coefficient (Wildman–Crippen LogP) is 3.51. The minimum atomic E-state index is 0.577. The molecule has 2 rings (SSSR count). The highest BCUT2D eigenvalue weighted by atomic mass is 15.0. The summed E-state index contributed by atoms with van der Waals surface area (Å²) < 4.78 is 0. The summed E-state index contributed by atoms with van der Waals surface area (Å²) in [6.07, 6.45) is 3.96. The summed E-state index contributed by atoms with van der Waals surface area (Å²) in [7, 11) is 0. The lowest BCUT2D eigenvalue weighted by Gasteiger charge is -2.30. The largest absolute Gasteiger partial charge is 0.307 e. The van der Waals surface area contributed by atoms with Crippen molar-refractivity contribution in [2.24, 2.45) is 0 Å². The van der Waals surface area contributed by atoms with Gasteiger partial charge >= 0.3 is 0 Å². The van der Waals surface area contributed by atoms with Gasteiger partial charge in [-0.15, -0.1) is 0 Å². The second-order valence-electron chi connectivity index (χ2n) is 4.84. The quantitative estimate of drug-likeness (QED) is 0.736. The molecule has 1 saturated heterocycles. The Labute approximate surface area is 92.9 Å². The smallest absolute Gasteiger partial charge is 0.0325 e. The molecule has 1 heteroatoms. The van der Waals surface area contributed by atoms with Crippen LogP contribution in [0, 0.1) is 13.8 Å². The molecule has 0 aliphatic carbocycles. The van der Waals surface area contributed by atoms with Gasteiger partial charge in [0.05, 0.1) is 0 Å². The van der Waals surface area contributed by atoms with Crippen LogP contribution in [-0.4, -0.2) is 6.04 Å². The van der Waals surface area contributed by atoms with Crippen molar-refractivity contribution in [3.63, 3.8) is 0 Å². The van der Waals surface area contributed by atoms with Crippen LogP contribution in [0.3, 0.4) is 0 Å². The van der Waals surface area contributed by atoms with Gasteiger partial charge in [-0.3, -0.25) is 0 Å². The molecule has 1 N–H and O–H groups in total. The molecule has 1 aliphatic rings. The summed E-state index contributed by atoms with van der Waals surface area (Å²) >= 11 is 0. The summed E-state index contributed by atoms with van der Waals surface area (Å²) in [6, 6.07) is 7.90. The predicted molar refractivity (Wildman–Crippen MR) is 65.1 cm³/mol. The first kappa shape index (κ1) is 10.7. The average Bonchev–Trinajstić information content (AvgIpc) is 2.22. The van der Waals surface area contributed by atoms with Gasteiger partial charge in [-0.25, -0.2) is 0 Å². The second-order valence-corrected chi connectivity index (χ2v) is 4.84. The van der Waals surface area contributed by atoms with E-state index in [2.05, 4.69) is 44.3 Å². The highest BCUT2D eigenvalue weighted by molar-refractivity contribution is 5.35. The molecule has 1 aliphatic heterocycles. The third-order valence-electron chi connectivity index (χ3n) is 3.64. The maximum atomic E-state index is 3.70. The molecule has 15 heavy (non-hydrogen) atoms. The van der Waals surface area contributed by atoms with Gasteiger partial charge in [0.15, 0.2) is 0 Å². The third kappa shape index (κ3) is 2.23. The molecule has 1 fully saturated rings. The molecule has 2 unspecified atom stereocenters. The molecule has 2 atom stereocenters. The van der Waals surface area contributed by atoms with E-state index in [0.29, 0.717) is 12.1 Å². The molecule has 1 aromatic rings.